The second-order valence-corrected chi connectivity index (χ2v) is 4.85. The number of hydrogen-bond acceptors (Lipinski definition) is 4. The molecule has 0 unspecified atom stereocenters. The second-order valence-electron chi connectivity index (χ2n) is 4.10. The maximum absolute atomic E-state index is 8.49. The normalized spacial score (nSPS) is 13.1. The van der Waals surface area contributed by atoms with Crippen LogP contribution in [0.2, 0.25) is 0 Å². The van der Waals surface area contributed by atoms with Crippen molar-refractivity contribution in [1.29, 1.82) is 0 Å². The Balaban J connectivity index is 0.000000257. The molecule has 2 aromatic rings. The first-order valence-corrected chi connectivity index (χ1v) is 7.06. The Kier molecular flexibility index (Phi) is 4.49. The number of hydrogen-bond donors (Lipinski definition) is 0. The van der Waals surface area contributed by atoms with Crippen molar-refractivity contribution in [3.8, 4) is 0 Å². The minimum Gasteiger partial charge on any atom is -0.222 e. The standard InChI is InChI=1S/C14H12N.ClHO4/c1-2-7-13(8-3-1)15-11-10-12-6-4-5-9-14(12)15;2-1(3,4)5/h1-9,11H,10H2;(H,2,3,4,5)/q+1;/p-1. The summed E-state index contributed by atoms with van der Waals surface area (Å²) in [6.45, 7) is 0. The zero-order valence-electron chi connectivity index (χ0n) is 10.4. The molecule has 104 valence electrons. The van der Waals surface area contributed by atoms with Crippen LogP contribution in [0.15, 0.2) is 54.6 Å². The van der Waals surface area contributed by atoms with Crippen molar-refractivity contribution in [2.75, 3.05) is 0 Å². The van der Waals surface area contributed by atoms with Gasteiger partial charge in [-0.3, -0.25) is 0 Å². The van der Waals surface area contributed by atoms with Gasteiger partial charge in [0.25, 0.3) is 0 Å². The van der Waals surface area contributed by atoms with Crippen molar-refractivity contribution >= 4 is 17.6 Å². The monoisotopic (exact) mass is 293 g/mol. The van der Waals surface area contributed by atoms with E-state index in [0.29, 0.717) is 0 Å². The average molecular weight is 294 g/mol. The number of fused-ring (bicyclic) bond motifs is 1. The summed E-state index contributed by atoms with van der Waals surface area (Å²) < 4.78 is 36.2. The molecule has 5 nitrogen and oxygen atoms in total. The van der Waals surface area contributed by atoms with Crippen molar-refractivity contribution in [3.05, 3.63) is 60.2 Å². The molecule has 0 fully saturated rings. The number of halogens is 1. The van der Waals surface area contributed by atoms with E-state index in [1.165, 1.54) is 16.9 Å². The van der Waals surface area contributed by atoms with Gasteiger partial charge in [0.05, 0.1) is 6.42 Å². The van der Waals surface area contributed by atoms with Crippen LogP contribution in [-0.2, 0) is 6.42 Å². The molecule has 3 rings (SSSR count). The van der Waals surface area contributed by atoms with Crippen LogP contribution in [0.1, 0.15) is 5.56 Å². The molecule has 0 bridgehead atoms. The number of rotatable bonds is 1. The Bertz CT molecular complexity index is 602. The summed E-state index contributed by atoms with van der Waals surface area (Å²) in [5.74, 6) is 0. The molecule has 0 amide bonds. The van der Waals surface area contributed by atoms with Crippen LogP contribution in [-0.4, -0.2) is 6.21 Å². The van der Waals surface area contributed by atoms with E-state index >= 15 is 0 Å². The largest absolute Gasteiger partial charge is 0.222 e. The third-order valence-corrected chi connectivity index (χ3v) is 2.78. The molecular formula is C14H12ClNO4. The van der Waals surface area contributed by atoms with E-state index in [-0.39, 0.29) is 0 Å². The van der Waals surface area contributed by atoms with Gasteiger partial charge in [0.2, 0.25) is 11.4 Å². The molecule has 0 spiro atoms. The van der Waals surface area contributed by atoms with E-state index < -0.39 is 10.2 Å². The summed E-state index contributed by atoms with van der Waals surface area (Å²) in [4.78, 5) is 0. The molecule has 0 atom stereocenters. The first-order valence-electron chi connectivity index (χ1n) is 5.82. The molecule has 20 heavy (non-hydrogen) atoms. The van der Waals surface area contributed by atoms with Gasteiger partial charge < -0.3 is 0 Å². The van der Waals surface area contributed by atoms with E-state index in [9.17, 15) is 0 Å². The van der Waals surface area contributed by atoms with Crippen LogP contribution >= 0.6 is 0 Å². The van der Waals surface area contributed by atoms with Gasteiger partial charge in [0.15, 0.2) is 6.21 Å². The van der Waals surface area contributed by atoms with E-state index in [1.54, 1.807) is 0 Å². The first kappa shape index (κ1) is 14.6. The van der Waals surface area contributed by atoms with Gasteiger partial charge in [-0.1, -0.05) is 36.4 Å². The lowest BCUT2D eigenvalue weighted by atomic mass is 10.1. The lowest BCUT2D eigenvalue weighted by Crippen LogP contribution is -2.68. The first-order chi connectivity index (χ1) is 9.45. The molecule has 0 saturated carbocycles. The quantitative estimate of drug-likeness (QED) is 0.591. The molecule has 0 N–H and O–H groups in total. The Morgan fingerprint density at radius 2 is 1.35 bits per heavy atom. The fourth-order valence-corrected chi connectivity index (χ4v) is 2.04. The van der Waals surface area contributed by atoms with Crippen LogP contribution in [0, 0.1) is 10.2 Å². The molecule has 6 heteroatoms. The minimum atomic E-state index is -4.94. The van der Waals surface area contributed by atoms with Crippen molar-refractivity contribution in [3.63, 3.8) is 0 Å². The van der Waals surface area contributed by atoms with Gasteiger partial charge in [-0.25, -0.2) is 18.6 Å². The number of nitrogens with zero attached hydrogens (tertiary/aromatic N) is 1. The number of benzene rings is 2. The summed E-state index contributed by atoms with van der Waals surface area (Å²) in [6, 6.07) is 19.0. The van der Waals surface area contributed by atoms with E-state index in [0.717, 1.165) is 6.42 Å². The maximum Gasteiger partial charge on any atom is 0.214 e. The summed E-state index contributed by atoms with van der Waals surface area (Å²) in [5, 5.41) is 0. The van der Waals surface area contributed by atoms with Gasteiger partial charge in [-0.15, -0.1) is 10.2 Å². The zero-order chi connectivity index (χ0) is 14.6. The Morgan fingerprint density at radius 3 is 2.00 bits per heavy atom. The highest BCUT2D eigenvalue weighted by molar-refractivity contribution is 5.81. The summed E-state index contributed by atoms with van der Waals surface area (Å²) in [5.41, 5.74) is 3.95. The van der Waals surface area contributed by atoms with Crippen LogP contribution in [0.4, 0.5) is 11.4 Å². The Morgan fingerprint density at radius 1 is 0.800 bits per heavy atom. The summed E-state index contributed by atoms with van der Waals surface area (Å²) >= 11 is 0. The third kappa shape index (κ3) is 4.12. The zero-order valence-corrected chi connectivity index (χ0v) is 11.2. The highest BCUT2D eigenvalue weighted by Gasteiger charge is 2.22. The van der Waals surface area contributed by atoms with Crippen LogP contribution in [0.25, 0.3) is 0 Å². The molecule has 1 aliphatic heterocycles. The van der Waals surface area contributed by atoms with Crippen molar-refractivity contribution in [1.82, 2.24) is 4.58 Å². The molecule has 2 aromatic carbocycles. The lowest BCUT2D eigenvalue weighted by Gasteiger charge is -2.17. The predicted molar refractivity (Wildman–Crippen MR) is 64.1 cm³/mol. The van der Waals surface area contributed by atoms with E-state index in [2.05, 4.69) is 59.3 Å². The summed E-state index contributed by atoms with van der Waals surface area (Å²) in [7, 11) is -4.94. The van der Waals surface area contributed by atoms with Crippen LogP contribution in [0.3, 0.4) is 0 Å². The highest BCUT2D eigenvalue weighted by Crippen LogP contribution is 2.27. The molecule has 1 heterocycles. The molecule has 0 saturated heterocycles. The summed E-state index contributed by atoms with van der Waals surface area (Å²) in [6.07, 6.45) is 3.27. The molecule has 1 aliphatic rings. The average Bonchev–Trinajstić information content (AvgIpc) is 2.81. The van der Waals surface area contributed by atoms with Gasteiger partial charge in [-0.2, -0.15) is 4.58 Å². The predicted octanol–water partition coefficient (Wildman–Crippen LogP) is -1.61. The Hall–Kier alpha value is -1.76. The molecule has 0 aromatic heterocycles. The Labute approximate surface area is 118 Å². The second kappa shape index (κ2) is 6.13. The van der Waals surface area contributed by atoms with Gasteiger partial charge in [0.1, 0.15) is 0 Å². The molecule has 0 aliphatic carbocycles. The van der Waals surface area contributed by atoms with Gasteiger partial charge >= 0.3 is 0 Å². The van der Waals surface area contributed by atoms with E-state index in [1.807, 2.05) is 6.07 Å². The molecular weight excluding hydrogens is 282 g/mol. The smallest absolute Gasteiger partial charge is 0.214 e. The maximum atomic E-state index is 8.49. The molecule has 0 radical (unpaired) electrons. The van der Waals surface area contributed by atoms with Crippen molar-refractivity contribution in [2.45, 2.75) is 6.42 Å². The minimum absolute atomic E-state index is 1.03. The fourth-order valence-electron chi connectivity index (χ4n) is 2.04. The third-order valence-electron chi connectivity index (χ3n) is 2.78. The fraction of sp³-hybridized carbons (Fsp3) is 0.0714. The van der Waals surface area contributed by atoms with E-state index in [4.69, 9.17) is 18.6 Å². The highest BCUT2D eigenvalue weighted by atomic mass is 35.7. The van der Waals surface area contributed by atoms with Gasteiger partial charge in [-0.05, 0) is 0 Å². The van der Waals surface area contributed by atoms with Crippen LogP contribution in [0.5, 0.6) is 0 Å². The van der Waals surface area contributed by atoms with Crippen LogP contribution < -0.4 is 23.2 Å². The number of para-hydroxylation sites is 2. The van der Waals surface area contributed by atoms with Crippen molar-refractivity contribution < 1.29 is 28.9 Å². The van der Waals surface area contributed by atoms with Gasteiger partial charge in [0, 0.05) is 23.8 Å². The lowest BCUT2D eigenvalue weighted by molar-refractivity contribution is -2.00. The SMILES string of the molecule is C1=[N+](c2ccccc2)c2ccccc2C1.[O-][Cl+3]([O-])([O-])[O-]. The van der Waals surface area contributed by atoms with Crippen molar-refractivity contribution in [2.24, 2.45) is 0 Å². The topological polar surface area (TPSA) is 95.2 Å².